The molecule has 0 aliphatic carbocycles. The average Bonchev–Trinajstić information content (AvgIpc) is 2.96. The SMILES string of the molecule is C=CCCCC(=O)OC[C@H](COCc1ccccc1)NC(=O)[C@@H](CC=C)CC(=O)N(CCO)Cc1ccccc1. The van der Waals surface area contributed by atoms with Gasteiger partial charge in [-0.3, -0.25) is 14.4 Å². The van der Waals surface area contributed by atoms with E-state index in [0.29, 0.717) is 26.0 Å². The van der Waals surface area contributed by atoms with Crippen molar-refractivity contribution in [2.45, 2.75) is 51.3 Å². The molecule has 2 rings (SSSR count). The van der Waals surface area contributed by atoms with Gasteiger partial charge >= 0.3 is 5.97 Å². The number of hydrogen-bond acceptors (Lipinski definition) is 6. The van der Waals surface area contributed by atoms with Crippen LogP contribution < -0.4 is 5.32 Å². The van der Waals surface area contributed by atoms with Gasteiger partial charge in [-0.05, 0) is 30.4 Å². The van der Waals surface area contributed by atoms with Gasteiger partial charge < -0.3 is 24.8 Å². The lowest BCUT2D eigenvalue weighted by molar-refractivity contribution is -0.146. The summed E-state index contributed by atoms with van der Waals surface area (Å²) in [4.78, 5) is 40.2. The lowest BCUT2D eigenvalue weighted by Crippen LogP contribution is -2.46. The van der Waals surface area contributed by atoms with Crippen molar-refractivity contribution in [2.24, 2.45) is 5.92 Å². The molecule has 2 amide bonds. The highest BCUT2D eigenvalue weighted by molar-refractivity contribution is 5.86. The molecule has 0 aliphatic rings. The van der Waals surface area contributed by atoms with Crippen molar-refractivity contribution < 1.29 is 29.0 Å². The van der Waals surface area contributed by atoms with E-state index in [-0.39, 0.29) is 63.4 Å². The minimum atomic E-state index is -0.679. The lowest BCUT2D eigenvalue weighted by Gasteiger charge is -2.26. The predicted molar refractivity (Wildman–Crippen MR) is 155 cm³/mol. The zero-order valence-corrected chi connectivity index (χ0v) is 23.2. The highest BCUT2D eigenvalue weighted by Crippen LogP contribution is 2.15. The molecule has 0 heterocycles. The number of unbranched alkanes of at least 4 members (excludes halogenated alkanes) is 1. The fourth-order valence-electron chi connectivity index (χ4n) is 4.04. The van der Waals surface area contributed by atoms with Crippen molar-refractivity contribution in [3.05, 3.63) is 97.1 Å². The van der Waals surface area contributed by atoms with Gasteiger partial charge in [-0.15, -0.1) is 13.2 Å². The summed E-state index contributed by atoms with van der Waals surface area (Å²) in [7, 11) is 0. The number of aliphatic hydroxyl groups excluding tert-OH is 1. The van der Waals surface area contributed by atoms with Crippen molar-refractivity contribution in [1.82, 2.24) is 10.2 Å². The molecule has 0 aromatic heterocycles. The average molecular weight is 551 g/mol. The molecular weight excluding hydrogens is 508 g/mol. The summed E-state index contributed by atoms with van der Waals surface area (Å²) in [5.41, 5.74) is 1.91. The number of aliphatic hydroxyl groups is 1. The molecule has 0 radical (unpaired) electrons. The van der Waals surface area contributed by atoms with Gasteiger partial charge in [0.2, 0.25) is 11.8 Å². The second-order valence-corrected chi connectivity index (χ2v) is 9.52. The van der Waals surface area contributed by atoms with Crippen LogP contribution in [0.3, 0.4) is 0 Å². The first-order valence-corrected chi connectivity index (χ1v) is 13.7. The van der Waals surface area contributed by atoms with Gasteiger partial charge in [-0.25, -0.2) is 0 Å². The Labute approximate surface area is 237 Å². The van der Waals surface area contributed by atoms with Crippen LogP contribution >= 0.6 is 0 Å². The van der Waals surface area contributed by atoms with Crippen molar-refractivity contribution in [2.75, 3.05) is 26.4 Å². The molecule has 0 saturated carbocycles. The number of hydrogen-bond donors (Lipinski definition) is 2. The fourth-order valence-corrected chi connectivity index (χ4v) is 4.04. The van der Waals surface area contributed by atoms with Crippen molar-refractivity contribution in [3.63, 3.8) is 0 Å². The zero-order valence-electron chi connectivity index (χ0n) is 23.2. The summed E-state index contributed by atoms with van der Waals surface area (Å²) in [5.74, 6) is -1.64. The third-order valence-corrected chi connectivity index (χ3v) is 6.19. The number of carbonyl (C=O) groups excluding carboxylic acids is 3. The summed E-state index contributed by atoms with van der Waals surface area (Å²) in [6, 6.07) is 18.5. The first-order chi connectivity index (χ1) is 19.5. The molecule has 40 heavy (non-hydrogen) atoms. The highest BCUT2D eigenvalue weighted by Gasteiger charge is 2.26. The molecule has 2 aromatic rings. The Morgan fingerprint density at radius 2 is 1.62 bits per heavy atom. The van der Waals surface area contributed by atoms with Crippen LogP contribution in [0.25, 0.3) is 0 Å². The minimum absolute atomic E-state index is 0.0488. The first kappa shape index (κ1) is 32.5. The van der Waals surface area contributed by atoms with Gasteiger partial charge in [0.05, 0.1) is 31.8 Å². The Bertz CT molecular complexity index is 1040. The topological polar surface area (TPSA) is 105 Å². The monoisotopic (exact) mass is 550 g/mol. The summed E-state index contributed by atoms with van der Waals surface area (Å²) >= 11 is 0. The van der Waals surface area contributed by atoms with Crippen LogP contribution in [0.2, 0.25) is 0 Å². The number of ether oxygens (including phenoxy) is 2. The van der Waals surface area contributed by atoms with Crippen LogP contribution in [0.5, 0.6) is 0 Å². The quantitative estimate of drug-likeness (QED) is 0.146. The first-order valence-electron chi connectivity index (χ1n) is 13.7. The number of nitrogens with one attached hydrogen (secondary N) is 1. The number of esters is 1. The molecule has 2 aromatic carbocycles. The molecule has 0 spiro atoms. The van der Waals surface area contributed by atoms with E-state index in [4.69, 9.17) is 9.47 Å². The number of benzene rings is 2. The molecule has 0 saturated heterocycles. The standard InChI is InChI=1S/C32H42N2O6/c1-3-5-8-18-31(37)40-25-29(24-39-23-27-16-11-7-12-17-27)33-32(38)28(13-4-2)21-30(36)34(19-20-35)22-26-14-9-6-10-15-26/h3-4,6-7,9-12,14-17,28-29,35H,1-2,5,8,13,18-25H2,(H,33,38)/t28-,29-/m0/s1. The maximum atomic E-state index is 13.3. The van der Waals surface area contributed by atoms with Crippen LogP contribution in [0, 0.1) is 5.92 Å². The maximum Gasteiger partial charge on any atom is 0.305 e. The van der Waals surface area contributed by atoms with Crippen LogP contribution in [0.1, 0.15) is 43.2 Å². The molecule has 216 valence electrons. The molecule has 8 heteroatoms. The highest BCUT2D eigenvalue weighted by atomic mass is 16.5. The van der Waals surface area contributed by atoms with E-state index in [1.807, 2.05) is 60.7 Å². The Morgan fingerprint density at radius 3 is 2.25 bits per heavy atom. The van der Waals surface area contributed by atoms with E-state index in [1.54, 1.807) is 17.1 Å². The number of carbonyl (C=O) groups is 3. The van der Waals surface area contributed by atoms with Crippen LogP contribution in [-0.4, -0.2) is 60.2 Å². The van der Waals surface area contributed by atoms with Gasteiger partial charge in [-0.2, -0.15) is 0 Å². The maximum absolute atomic E-state index is 13.3. The minimum Gasteiger partial charge on any atom is -0.463 e. The summed E-state index contributed by atoms with van der Waals surface area (Å²) in [5, 5.41) is 12.4. The number of allylic oxidation sites excluding steroid dienone is 2. The smallest absolute Gasteiger partial charge is 0.305 e. The van der Waals surface area contributed by atoms with E-state index in [2.05, 4.69) is 18.5 Å². The lowest BCUT2D eigenvalue weighted by atomic mass is 9.98. The number of rotatable bonds is 20. The summed E-state index contributed by atoms with van der Waals surface area (Å²) in [6.07, 6.45) is 5.19. The number of amides is 2. The van der Waals surface area contributed by atoms with Gasteiger partial charge in [0.1, 0.15) is 6.61 Å². The van der Waals surface area contributed by atoms with Crippen LogP contribution in [0.4, 0.5) is 0 Å². The second-order valence-electron chi connectivity index (χ2n) is 9.52. The Hall–Kier alpha value is -3.75. The second kappa shape index (κ2) is 19.3. The van der Waals surface area contributed by atoms with Crippen molar-refractivity contribution in [3.8, 4) is 0 Å². The molecule has 0 bridgehead atoms. The molecular formula is C32H42N2O6. The molecule has 0 aliphatic heterocycles. The van der Waals surface area contributed by atoms with E-state index in [1.165, 1.54) is 0 Å². The fraction of sp³-hybridized carbons (Fsp3) is 0.406. The molecule has 0 fully saturated rings. The summed E-state index contributed by atoms with van der Waals surface area (Å²) < 4.78 is 11.2. The third-order valence-electron chi connectivity index (χ3n) is 6.19. The van der Waals surface area contributed by atoms with Crippen LogP contribution in [-0.2, 0) is 37.0 Å². The van der Waals surface area contributed by atoms with E-state index in [0.717, 1.165) is 11.1 Å². The summed E-state index contributed by atoms with van der Waals surface area (Å²) in [6.45, 7) is 8.13. The van der Waals surface area contributed by atoms with Gasteiger partial charge in [0.25, 0.3) is 0 Å². The van der Waals surface area contributed by atoms with Gasteiger partial charge in [-0.1, -0.05) is 72.8 Å². The normalized spacial score (nSPS) is 12.1. The van der Waals surface area contributed by atoms with Gasteiger partial charge in [0.15, 0.2) is 0 Å². The molecule has 0 unspecified atom stereocenters. The van der Waals surface area contributed by atoms with E-state index >= 15 is 0 Å². The molecule has 2 atom stereocenters. The predicted octanol–water partition coefficient (Wildman–Crippen LogP) is 4.19. The van der Waals surface area contributed by atoms with Crippen LogP contribution in [0.15, 0.2) is 86.0 Å². The number of nitrogens with zero attached hydrogens (tertiary/aromatic N) is 1. The van der Waals surface area contributed by atoms with Crippen molar-refractivity contribution >= 4 is 17.8 Å². The molecule has 8 nitrogen and oxygen atoms in total. The Kier molecular flexibility index (Phi) is 15.7. The van der Waals surface area contributed by atoms with E-state index < -0.39 is 12.0 Å². The molecule has 2 N–H and O–H groups in total. The zero-order chi connectivity index (χ0) is 29.0. The van der Waals surface area contributed by atoms with Crippen molar-refractivity contribution in [1.29, 1.82) is 0 Å². The Morgan fingerprint density at radius 1 is 0.950 bits per heavy atom. The largest absolute Gasteiger partial charge is 0.463 e. The van der Waals surface area contributed by atoms with Gasteiger partial charge in [0, 0.05) is 25.9 Å². The Balaban J connectivity index is 2.03. The van der Waals surface area contributed by atoms with E-state index in [9.17, 15) is 19.5 Å². The third kappa shape index (κ3) is 12.9.